The van der Waals surface area contributed by atoms with Crippen molar-refractivity contribution >= 4 is 0 Å². The van der Waals surface area contributed by atoms with Crippen molar-refractivity contribution in [1.29, 1.82) is 0 Å². The Morgan fingerprint density at radius 2 is 1.86 bits per heavy atom. The topological polar surface area (TPSA) is 29.3 Å². The number of benzene rings is 1. The maximum atomic E-state index is 6.32. The number of rotatable bonds is 4. The molecule has 0 spiro atoms. The first-order valence-corrected chi connectivity index (χ1v) is 8.49. The first-order chi connectivity index (χ1) is 9.97. The maximum absolute atomic E-state index is 6.32. The van der Waals surface area contributed by atoms with Gasteiger partial charge < -0.3 is 10.6 Å². The molecule has 118 valence electrons. The van der Waals surface area contributed by atoms with E-state index in [0.717, 1.165) is 18.9 Å². The van der Waals surface area contributed by atoms with Crippen LogP contribution in [0.3, 0.4) is 0 Å². The van der Waals surface area contributed by atoms with Crippen molar-refractivity contribution in [2.24, 2.45) is 17.1 Å². The van der Waals surface area contributed by atoms with E-state index in [2.05, 4.69) is 56.0 Å². The van der Waals surface area contributed by atoms with Crippen molar-refractivity contribution in [3.05, 3.63) is 35.9 Å². The lowest BCUT2D eigenvalue weighted by Gasteiger charge is -2.30. The lowest BCUT2D eigenvalue weighted by Crippen LogP contribution is -2.29. The molecule has 0 bridgehead atoms. The van der Waals surface area contributed by atoms with E-state index in [-0.39, 0.29) is 6.04 Å². The zero-order chi connectivity index (χ0) is 15.3. The standard InChI is InChI=1S/C19H32N2/c1-19(2,3)17-10-7-13-21(14-11-17)15-12-18(20)16-8-5-4-6-9-16/h4-6,8-9,17-18H,7,10-15,20H2,1-3H3. The fraction of sp³-hybridized carbons (Fsp3) is 0.684. The third-order valence-corrected chi connectivity index (χ3v) is 5.03. The molecule has 1 aromatic carbocycles. The van der Waals surface area contributed by atoms with E-state index in [0.29, 0.717) is 5.41 Å². The molecule has 0 saturated carbocycles. The fourth-order valence-corrected chi connectivity index (χ4v) is 3.43. The van der Waals surface area contributed by atoms with E-state index in [9.17, 15) is 0 Å². The van der Waals surface area contributed by atoms with Crippen molar-refractivity contribution in [3.63, 3.8) is 0 Å². The van der Waals surface area contributed by atoms with Gasteiger partial charge in [-0.15, -0.1) is 0 Å². The van der Waals surface area contributed by atoms with Gasteiger partial charge in [-0.05, 0) is 62.2 Å². The Bertz CT molecular complexity index is 407. The Morgan fingerprint density at radius 1 is 1.14 bits per heavy atom. The minimum Gasteiger partial charge on any atom is -0.324 e. The van der Waals surface area contributed by atoms with Crippen LogP contribution >= 0.6 is 0 Å². The SMILES string of the molecule is CC(C)(C)C1CCCN(CCC(N)c2ccccc2)CC1. The van der Waals surface area contributed by atoms with Gasteiger partial charge >= 0.3 is 0 Å². The maximum Gasteiger partial charge on any atom is 0.0307 e. The molecule has 1 saturated heterocycles. The van der Waals surface area contributed by atoms with Crippen LogP contribution in [0.1, 0.15) is 58.1 Å². The van der Waals surface area contributed by atoms with Crippen LogP contribution in [-0.2, 0) is 0 Å². The molecule has 0 radical (unpaired) electrons. The molecule has 21 heavy (non-hydrogen) atoms. The lowest BCUT2D eigenvalue weighted by molar-refractivity contribution is 0.207. The highest BCUT2D eigenvalue weighted by molar-refractivity contribution is 5.18. The van der Waals surface area contributed by atoms with Crippen LogP contribution in [0.2, 0.25) is 0 Å². The predicted molar refractivity (Wildman–Crippen MR) is 91.2 cm³/mol. The number of hydrogen-bond donors (Lipinski definition) is 1. The first-order valence-electron chi connectivity index (χ1n) is 8.49. The highest BCUT2D eigenvalue weighted by Gasteiger charge is 2.26. The van der Waals surface area contributed by atoms with E-state index in [4.69, 9.17) is 5.73 Å². The Morgan fingerprint density at radius 3 is 2.52 bits per heavy atom. The highest BCUT2D eigenvalue weighted by atomic mass is 15.1. The zero-order valence-corrected chi connectivity index (χ0v) is 14.0. The smallest absolute Gasteiger partial charge is 0.0307 e. The van der Waals surface area contributed by atoms with Crippen molar-refractivity contribution < 1.29 is 0 Å². The van der Waals surface area contributed by atoms with Crippen molar-refractivity contribution in [2.75, 3.05) is 19.6 Å². The largest absolute Gasteiger partial charge is 0.324 e. The van der Waals surface area contributed by atoms with Crippen LogP contribution in [0.15, 0.2) is 30.3 Å². The van der Waals surface area contributed by atoms with Crippen LogP contribution < -0.4 is 5.73 Å². The molecule has 0 aromatic heterocycles. The van der Waals surface area contributed by atoms with E-state index in [1.165, 1.54) is 37.9 Å². The summed E-state index contributed by atoms with van der Waals surface area (Å²) in [7, 11) is 0. The Balaban J connectivity index is 1.79. The average Bonchev–Trinajstić information content (AvgIpc) is 2.71. The summed E-state index contributed by atoms with van der Waals surface area (Å²) in [5, 5.41) is 0. The van der Waals surface area contributed by atoms with Gasteiger partial charge in [0.15, 0.2) is 0 Å². The van der Waals surface area contributed by atoms with Gasteiger partial charge in [0, 0.05) is 6.04 Å². The van der Waals surface area contributed by atoms with Crippen LogP contribution in [0.5, 0.6) is 0 Å². The number of hydrogen-bond acceptors (Lipinski definition) is 2. The Labute approximate surface area is 130 Å². The van der Waals surface area contributed by atoms with Gasteiger partial charge in [-0.1, -0.05) is 51.1 Å². The van der Waals surface area contributed by atoms with E-state index in [1.54, 1.807) is 0 Å². The summed E-state index contributed by atoms with van der Waals surface area (Å²) in [6.07, 6.45) is 5.11. The molecular formula is C19H32N2. The van der Waals surface area contributed by atoms with E-state index in [1.807, 2.05) is 0 Å². The molecule has 2 heteroatoms. The quantitative estimate of drug-likeness (QED) is 0.898. The van der Waals surface area contributed by atoms with E-state index < -0.39 is 0 Å². The molecule has 2 atom stereocenters. The first kappa shape index (κ1) is 16.5. The number of nitrogens with zero attached hydrogens (tertiary/aromatic N) is 1. The summed E-state index contributed by atoms with van der Waals surface area (Å²) in [5.74, 6) is 0.866. The second-order valence-corrected chi connectivity index (χ2v) is 7.64. The molecule has 1 aliphatic heterocycles. The highest BCUT2D eigenvalue weighted by Crippen LogP contribution is 2.34. The monoisotopic (exact) mass is 288 g/mol. The molecule has 0 aliphatic carbocycles. The Hall–Kier alpha value is -0.860. The molecule has 2 N–H and O–H groups in total. The van der Waals surface area contributed by atoms with Crippen molar-refractivity contribution in [1.82, 2.24) is 4.90 Å². The predicted octanol–water partition coefficient (Wildman–Crippen LogP) is 4.22. The van der Waals surface area contributed by atoms with Crippen molar-refractivity contribution in [3.8, 4) is 0 Å². The minimum atomic E-state index is 0.174. The van der Waals surface area contributed by atoms with Crippen molar-refractivity contribution in [2.45, 2.75) is 52.5 Å². The van der Waals surface area contributed by atoms with Crippen LogP contribution in [0.4, 0.5) is 0 Å². The average molecular weight is 288 g/mol. The third-order valence-electron chi connectivity index (χ3n) is 5.03. The van der Waals surface area contributed by atoms with Gasteiger partial charge in [-0.2, -0.15) is 0 Å². The lowest BCUT2D eigenvalue weighted by atomic mass is 9.77. The van der Waals surface area contributed by atoms with Gasteiger partial charge in [0.05, 0.1) is 0 Å². The normalized spacial score (nSPS) is 22.8. The molecule has 2 unspecified atom stereocenters. The minimum absolute atomic E-state index is 0.174. The number of likely N-dealkylation sites (tertiary alicyclic amines) is 1. The van der Waals surface area contributed by atoms with Gasteiger partial charge in [-0.25, -0.2) is 0 Å². The van der Waals surface area contributed by atoms with Crippen LogP contribution in [0.25, 0.3) is 0 Å². The summed E-state index contributed by atoms with van der Waals surface area (Å²) in [4.78, 5) is 2.62. The van der Waals surface area contributed by atoms with Crippen LogP contribution in [0, 0.1) is 11.3 Å². The molecule has 0 amide bonds. The van der Waals surface area contributed by atoms with Gasteiger partial charge in [-0.3, -0.25) is 0 Å². The van der Waals surface area contributed by atoms with Gasteiger partial charge in [0.2, 0.25) is 0 Å². The van der Waals surface area contributed by atoms with Crippen LogP contribution in [-0.4, -0.2) is 24.5 Å². The third kappa shape index (κ3) is 5.12. The summed E-state index contributed by atoms with van der Waals surface area (Å²) in [6, 6.07) is 10.7. The summed E-state index contributed by atoms with van der Waals surface area (Å²) >= 11 is 0. The number of nitrogens with two attached hydrogens (primary N) is 1. The molecule has 1 heterocycles. The van der Waals surface area contributed by atoms with Gasteiger partial charge in [0.1, 0.15) is 0 Å². The van der Waals surface area contributed by atoms with Gasteiger partial charge in [0.25, 0.3) is 0 Å². The molecular weight excluding hydrogens is 256 g/mol. The summed E-state index contributed by atoms with van der Waals surface area (Å²) in [6.45, 7) is 10.8. The summed E-state index contributed by atoms with van der Waals surface area (Å²) in [5.41, 5.74) is 8.04. The molecule has 2 nitrogen and oxygen atoms in total. The summed E-state index contributed by atoms with van der Waals surface area (Å²) < 4.78 is 0. The molecule has 1 aliphatic rings. The zero-order valence-electron chi connectivity index (χ0n) is 14.0. The molecule has 1 aromatic rings. The molecule has 2 rings (SSSR count). The Kier molecular flexibility index (Phi) is 5.83. The molecule has 1 fully saturated rings. The fourth-order valence-electron chi connectivity index (χ4n) is 3.43. The van der Waals surface area contributed by atoms with E-state index >= 15 is 0 Å². The second-order valence-electron chi connectivity index (χ2n) is 7.64. The second kappa shape index (κ2) is 7.42.